The summed E-state index contributed by atoms with van der Waals surface area (Å²) in [6.45, 7) is 0.560. The zero-order valence-electron chi connectivity index (χ0n) is 18.4. The topological polar surface area (TPSA) is 29.1 Å². The van der Waals surface area contributed by atoms with Gasteiger partial charge in [0.1, 0.15) is 0 Å². The van der Waals surface area contributed by atoms with Gasteiger partial charge in [0, 0.05) is 22.4 Å². The molecule has 1 unspecified atom stereocenters. The Morgan fingerprint density at radius 1 is 0.697 bits per heavy atom. The third kappa shape index (κ3) is 3.85. The van der Waals surface area contributed by atoms with Crippen molar-refractivity contribution in [2.24, 2.45) is 0 Å². The SMILES string of the molecule is O=C(Cc1ccccc1Cl)NCC1(c2ccccc2)CC1(c1ccccc1)c1ccccc1. The molecule has 0 heterocycles. The molecule has 1 atom stereocenters. The third-order valence-corrected chi connectivity index (χ3v) is 7.38. The fourth-order valence-corrected chi connectivity index (χ4v) is 5.53. The van der Waals surface area contributed by atoms with Crippen molar-refractivity contribution < 1.29 is 4.79 Å². The Bertz CT molecular complexity index is 1200. The molecule has 0 saturated heterocycles. The van der Waals surface area contributed by atoms with E-state index < -0.39 is 0 Å². The normalized spacial score (nSPS) is 18.5. The van der Waals surface area contributed by atoms with Crippen LogP contribution in [0.25, 0.3) is 0 Å². The standard InChI is InChI=1S/C30H26ClNO/c31-27-19-11-10-12-23(27)20-28(33)32-22-29(24-13-4-1-5-14-24)21-30(29,25-15-6-2-7-16-25)26-17-8-3-9-18-26/h1-19H,20-22H2,(H,32,33). The Balaban J connectivity index is 1.52. The van der Waals surface area contributed by atoms with Gasteiger partial charge >= 0.3 is 0 Å². The Hall–Kier alpha value is -3.36. The lowest BCUT2D eigenvalue weighted by atomic mass is 9.77. The van der Waals surface area contributed by atoms with Crippen molar-refractivity contribution in [1.29, 1.82) is 0 Å². The molecule has 4 aromatic carbocycles. The summed E-state index contributed by atoms with van der Waals surface area (Å²) in [4.78, 5) is 13.0. The first kappa shape index (κ1) is 21.5. The maximum atomic E-state index is 13.0. The van der Waals surface area contributed by atoms with E-state index in [0.717, 1.165) is 12.0 Å². The molecular weight excluding hydrogens is 426 g/mol. The van der Waals surface area contributed by atoms with E-state index >= 15 is 0 Å². The van der Waals surface area contributed by atoms with Gasteiger partial charge in [-0.2, -0.15) is 0 Å². The van der Waals surface area contributed by atoms with Crippen LogP contribution in [-0.4, -0.2) is 12.5 Å². The van der Waals surface area contributed by atoms with Gasteiger partial charge in [-0.15, -0.1) is 0 Å². The fraction of sp³-hybridized carbons (Fsp3) is 0.167. The predicted molar refractivity (Wildman–Crippen MR) is 135 cm³/mol. The van der Waals surface area contributed by atoms with E-state index in [1.54, 1.807) is 0 Å². The van der Waals surface area contributed by atoms with E-state index in [2.05, 4.69) is 90.2 Å². The summed E-state index contributed by atoms with van der Waals surface area (Å²) in [5, 5.41) is 3.88. The minimum atomic E-state index is -0.229. The van der Waals surface area contributed by atoms with Gasteiger partial charge in [0.2, 0.25) is 5.91 Å². The van der Waals surface area contributed by atoms with Crippen LogP contribution in [0, 0.1) is 0 Å². The summed E-state index contributed by atoms with van der Waals surface area (Å²) < 4.78 is 0. The second-order valence-electron chi connectivity index (χ2n) is 8.81. The highest BCUT2D eigenvalue weighted by molar-refractivity contribution is 6.31. The van der Waals surface area contributed by atoms with E-state index in [-0.39, 0.29) is 23.2 Å². The molecule has 5 rings (SSSR count). The quantitative estimate of drug-likeness (QED) is 0.349. The van der Waals surface area contributed by atoms with E-state index in [9.17, 15) is 4.79 Å². The molecule has 3 heteroatoms. The monoisotopic (exact) mass is 451 g/mol. The first-order valence-electron chi connectivity index (χ1n) is 11.3. The molecule has 0 aliphatic heterocycles. The van der Waals surface area contributed by atoms with E-state index in [1.165, 1.54) is 16.7 Å². The van der Waals surface area contributed by atoms with Gasteiger partial charge in [-0.25, -0.2) is 0 Å². The van der Waals surface area contributed by atoms with Crippen molar-refractivity contribution >= 4 is 17.5 Å². The number of rotatable bonds is 7. The van der Waals surface area contributed by atoms with Crippen molar-refractivity contribution in [3.8, 4) is 0 Å². The molecule has 33 heavy (non-hydrogen) atoms. The summed E-state index contributed by atoms with van der Waals surface area (Å²) in [5.41, 5.74) is 4.22. The van der Waals surface area contributed by atoms with Crippen LogP contribution >= 0.6 is 11.6 Å². The summed E-state index contributed by atoms with van der Waals surface area (Å²) in [6, 6.07) is 39.5. The minimum absolute atomic E-state index is 0.0136. The molecule has 164 valence electrons. The second kappa shape index (κ2) is 8.88. The Kier molecular flexibility index (Phi) is 5.78. The highest BCUT2D eigenvalue weighted by atomic mass is 35.5. The largest absolute Gasteiger partial charge is 0.355 e. The zero-order chi connectivity index (χ0) is 22.7. The summed E-state index contributed by atoms with van der Waals surface area (Å²) in [6.07, 6.45) is 1.21. The lowest BCUT2D eigenvalue weighted by Gasteiger charge is -2.28. The van der Waals surface area contributed by atoms with Crippen LogP contribution in [-0.2, 0) is 22.0 Å². The van der Waals surface area contributed by atoms with Gasteiger partial charge in [0.25, 0.3) is 0 Å². The number of hydrogen-bond acceptors (Lipinski definition) is 1. The fourth-order valence-electron chi connectivity index (χ4n) is 5.32. The van der Waals surface area contributed by atoms with Crippen LogP contribution in [0.2, 0.25) is 5.02 Å². The van der Waals surface area contributed by atoms with Crippen molar-refractivity contribution in [3.05, 3.63) is 143 Å². The van der Waals surface area contributed by atoms with Crippen molar-refractivity contribution in [2.75, 3.05) is 6.54 Å². The maximum Gasteiger partial charge on any atom is 0.224 e. The summed E-state index contributed by atoms with van der Waals surface area (Å²) in [7, 11) is 0. The lowest BCUT2D eigenvalue weighted by molar-refractivity contribution is -0.120. The van der Waals surface area contributed by atoms with Crippen LogP contribution < -0.4 is 5.32 Å². The van der Waals surface area contributed by atoms with Gasteiger partial charge in [-0.05, 0) is 34.7 Å². The number of carbonyl (C=O) groups excluding carboxylic acids is 1. The molecule has 0 spiro atoms. The molecule has 1 fully saturated rings. The Labute approximate surface area is 200 Å². The minimum Gasteiger partial charge on any atom is -0.355 e. The summed E-state index contributed by atoms with van der Waals surface area (Å²) >= 11 is 6.29. The van der Waals surface area contributed by atoms with Crippen molar-refractivity contribution in [1.82, 2.24) is 5.32 Å². The smallest absolute Gasteiger partial charge is 0.224 e. The molecule has 4 aromatic rings. The molecule has 1 N–H and O–H groups in total. The van der Waals surface area contributed by atoms with Crippen LogP contribution in [0.1, 0.15) is 28.7 Å². The lowest BCUT2D eigenvalue weighted by Crippen LogP contribution is -2.38. The average molecular weight is 452 g/mol. The Morgan fingerprint density at radius 2 is 1.18 bits per heavy atom. The first-order valence-corrected chi connectivity index (χ1v) is 11.7. The van der Waals surface area contributed by atoms with Gasteiger partial charge in [0.15, 0.2) is 0 Å². The van der Waals surface area contributed by atoms with Gasteiger partial charge in [-0.3, -0.25) is 4.79 Å². The third-order valence-electron chi connectivity index (χ3n) is 7.01. The maximum absolute atomic E-state index is 13.0. The van der Waals surface area contributed by atoms with Gasteiger partial charge < -0.3 is 5.32 Å². The number of carbonyl (C=O) groups is 1. The van der Waals surface area contributed by atoms with Gasteiger partial charge in [0.05, 0.1) is 6.42 Å². The molecule has 1 saturated carbocycles. The highest BCUT2D eigenvalue weighted by Gasteiger charge is 2.69. The number of benzene rings is 4. The molecule has 0 aromatic heterocycles. The second-order valence-corrected chi connectivity index (χ2v) is 9.21. The number of hydrogen-bond donors (Lipinski definition) is 1. The number of amides is 1. The van der Waals surface area contributed by atoms with Crippen LogP contribution in [0.15, 0.2) is 115 Å². The van der Waals surface area contributed by atoms with E-state index in [1.807, 2.05) is 30.3 Å². The van der Waals surface area contributed by atoms with Crippen molar-refractivity contribution in [2.45, 2.75) is 23.7 Å². The molecule has 1 aliphatic rings. The van der Waals surface area contributed by atoms with Gasteiger partial charge in [-0.1, -0.05) is 121 Å². The van der Waals surface area contributed by atoms with Crippen LogP contribution in [0.3, 0.4) is 0 Å². The molecule has 1 aliphatic carbocycles. The number of nitrogens with one attached hydrogen (secondary N) is 1. The molecule has 2 nitrogen and oxygen atoms in total. The molecule has 1 amide bonds. The Morgan fingerprint density at radius 3 is 1.73 bits per heavy atom. The molecule has 0 radical (unpaired) electrons. The van der Waals surface area contributed by atoms with E-state index in [0.29, 0.717) is 11.6 Å². The average Bonchev–Trinajstić information content (AvgIpc) is 3.57. The molecule has 0 bridgehead atoms. The van der Waals surface area contributed by atoms with E-state index in [4.69, 9.17) is 11.6 Å². The predicted octanol–water partition coefficient (Wildman–Crippen LogP) is 6.33. The van der Waals surface area contributed by atoms with Crippen LogP contribution in [0.4, 0.5) is 0 Å². The summed E-state index contributed by atoms with van der Waals surface area (Å²) in [5.74, 6) is -0.0136. The molecular formula is C30H26ClNO. The first-order chi connectivity index (χ1) is 16.2. The highest BCUT2D eigenvalue weighted by Crippen LogP contribution is 2.68. The van der Waals surface area contributed by atoms with Crippen LogP contribution in [0.5, 0.6) is 0 Å². The number of halogens is 1. The van der Waals surface area contributed by atoms with Crippen molar-refractivity contribution in [3.63, 3.8) is 0 Å². The zero-order valence-corrected chi connectivity index (χ0v) is 19.1.